The van der Waals surface area contributed by atoms with Gasteiger partial charge in [-0.25, -0.2) is 4.98 Å². The van der Waals surface area contributed by atoms with Crippen molar-refractivity contribution >= 4 is 22.4 Å². The molecular weight excluding hydrogens is 344 g/mol. The molecule has 4 rings (SSSR count). The summed E-state index contributed by atoms with van der Waals surface area (Å²) in [5.41, 5.74) is 3.58. The van der Waals surface area contributed by atoms with Crippen LogP contribution in [0.2, 0.25) is 0 Å². The third kappa shape index (κ3) is 3.78. The van der Waals surface area contributed by atoms with Gasteiger partial charge in [0.05, 0.1) is 5.92 Å². The van der Waals surface area contributed by atoms with Gasteiger partial charge in [0.2, 0.25) is 5.91 Å². The number of thiazole rings is 1. The van der Waals surface area contributed by atoms with Crippen LogP contribution in [0.3, 0.4) is 0 Å². The van der Waals surface area contributed by atoms with E-state index in [0.717, 1.165) is 22.6 Å². The number of hydrogen-bond acceptors (Lipinski definition) is 4. The molecule has 4 nitrogen and oxygen atoms in total. The van der Waals surface area contributed by atoms with E-state index in [1.54, 1.807) is 0 Å². The zero-order chi connectivity index (χ0) is 17.9. The predicted octanol–water partition coefficient (Wildman–Crippen LogP) is 4.23. The fraction of sp³-hybridized carbons (Fsp3) is 0.238. The molecule has 0 aliphatic carbocycles. The van der Waals surface area contributed by atoms with E-state index in [2.05, 4.69) is 41.5 Å². The number of anilines is 1. The maximum atomic E-state index is 12.6. The number of hydrogen-bond donors (Lipinski definition) is 1. The fourth-order valence-electron chi connectivity index (χ4n) is 3.17. The molecule has 26 heavy (non-hydrogen) atoms. The molecule has 0 fully saturated rings. The summed E-state index contributed by atoms with van der Waals surface area (Å²) in [4.78, 5) is 18.1. The molecule has 0 bridgehead atoms. The maximum Gasteiger partial charge on any atom is 0.233 e. The van der Waals surface area contributed by atoms with Crippen molar-refractivity contribution in [3.8, 4) is 5.75 Å². The average molecular weight is 364 g/mol. The van der Waals surface area contributed by atoms with E-state index < -0.39 is 0 Å². The number of benzene rings is 2. The third-order valence-electron chi connectivity index (χ3n) is 4.49. The molecule has 2 aromatic carbocycles. The Kier molecular flexibility index (Phi) is 4.71. The smallest absolute Gasteiger partial charge is 0.233 e. The van der Waals surface area contributed by atoms with E-state index in [0.29, 0.717) is 18.2 Å². The number of ether oxygens (including phenoxy) is 1. The number of aromatic nitrogens is 1. The van der Waals surface area contributed by atoms with Gasteiger partial charge in [0.15, 0.2) is 5.13 Å². The molecule has 1 aliphatic heterocycles. The van der Waals surface area contributed by atoms with E-state index in [-0.39, 0.29) is 11.8 Å². The summed E-state index contributed by atoms with van der Waals surface area (Å²) in [7, 11) is 0. The van der Waals surface area contributed by atoms with Gasteiger partial charge in [0.1, 0.15) is 12.4 Å². The van der Waals surface area contributed by atoms with Gasteiger partial charge < -0.3 is 10.1 Å². The highest BCUT2D eigenvalue weighted by Gasteiger charge is 2.26. The minimum Gasteiger partial charge on any atom is -0.492 e. The van der Waals surface area contributed by atoms with Crippen molar-refractivity contribution < 1.29 is 9.53 Å². The second-order valence-corrected chi connectivity index (χ2v) is 7.72. The minimum absolute atomic E-state index is 0.0315. The Morgan fingerprint density at radius 2 is 2.15 bits per heavy atom. The molecule has 0 unspecified atom stereocenters. The fourth-order valence-corrected chi connectivity index (χ4v) is 4.02. The molecule has 1 aromatic heterocycles. The van der Waals surface area contributed by atoms with Crippen molar-refractivity contribution in [3.05, 3.63) is 76.3 Å². The topological polar surface area (TPSA) is 51.2 Å². The third-order valence-corrected chi connectivity index (χ3v) is 5.41. The van der Waals surface area contributed by atoms with Gasteiger partial charge in [-0.2, -0.15) is 0 Å². The SMILES string of the molecule is Cc1cccc(Cc2cnc(NC(=O)[C@H]3COc4ccccc4C3)s2)c1. The molecule has 1 atom stereocenters. The van der Waals surface area contributed by atoms with Gasteiger partial charge in [-0.3, -0.25) is 4.79 Å². The number of nitrogens with one attached hydrogen (secondary N) is 1. The normalized spacial score (nSPS) is 15.8. The Bertz CT molecular complexity index is 935. The summed E-state index contributed by atoms with van der Waals surface area (Å²) in [6, 6.07) is 16.3. The standard InChI is InChI=1S/C21H20N2O2S/c1-14-5-4-6-15(9-14)10-18-12-22-21(26-18)23-20(24)17-11-16-7-2-3-8-19(16)25-13-17/h2-9,12,17H,10-11,13H2,1H3,(H,22,23,24)/t17-/m1/s1. The summed E-state index contributed by atoms with van der Waals surface area (Å²) in [6.07, 6.45) is 3.37. The van der Waals surface area contributed by atoms with Crippen molar-refractivity contribution in [2.75, 3.05) is 11.9 Å². The number of aryl methyl sites for hydroxylation is 1. The molecule has 0 saturated heterocycles. The lowest BCUT2D eigenvalue weighted by molar-refractivity contribution is -0.121. The Morgan fingerprint density at radius 3 is 3.04 bits per heavy atom. The minimum atomic E-state index is -0.186. The number of rotatable bonds is 4. The molecule has 0 radical (unpaired) electrons. The molecule has 1 amide bonds. The highest BCUT2D eigenvalue weighted by Crippen LogP contribution is 2.28. The highest BCUT2D eigenvalue weighted by atomic mass is 32.1. The summed E-state index contributed by atoms with van der Waals surface area (Å²) in [5.74, 6) is 0.663. The van der Waals surface area contributed by atoms with Crippen LogP contribution in [0.15, 0.2) is 54.7 Å². The van der Waals surface area contributed by atoms with Gasteiger partial charge in [-0.15, -0.1) is 11.3 Å². The lowest BCUT2D eigenvalue weighted by Crippen LogP contribution is -2.32. The van der Waals surface area contributed by atoms with Crippen LogP contribution in [0.1, 0.15) is 21.6 Å². The summed E-state index contributed by atoms with van der Waals surface area (Å²) >= 11 is 1.53. The summed E-state index contributed by atoms with van der Waals surface area (Å²) in [6.45, 7) is 2.50. The number of carbonyl (C=O) groups excluding carboxylic acids is 1. The molecule has 132 valence electrons. The van der Waals surface area contributed by atoms with Gasteiger partial charge in [-0.1, -0.05) is 48.0 Å². The van der Waals surface area contributed by atoms with Crippen molar-refractivity contribution in [2.24, 2.45) is 5.92 Å². The van der Waals surface area contributed by atoms with Crippen molar-refractivity contribution in [3.63, 3.8) is 0 Å². The first kappa shape index (κ1) is 16.8. The number of nitrogens with zero attached hydrogens (tertiary/aromatic N) is 1. The molecule has 1 aliphatic rings. The number of carbonyl (C=O) groups is 1. The zero-order valence-corrected chi connectivity index (χ0v) is 15.4. The Hall–Kier alpha value is -2.66. The van der Waals surface area contributed by atoms with Crippen LogP contribution in [-0.4, -0.2) is 17.5 Å². The number of para-hydroxylation sites is 1. The number of amides is 1. The van der Waals surface area contributed by atoms with Crippen LogP contribution >= 0.6 is 11.3 Å². The lowest BCUT2D eigenvalue weighted by atomic mass is 9.96. The van der Waals surface area contributed by atoms with Crippen LogP contribution in [0, 0.1) is 12.8 Å². The van der Waals surface area contributed by atoms with Crippen LogP contribution < -0.4 is 10.1 Å². The highest BCUT2D eigenvalue weighted by molar-refractivity contribution is 7.15. The monoisotopic (exact) mass is 364 g/mol. The van der Waals surface area contributed by atoms with Gasteiger partial charge in [0.25, 0.3) is 0 Å². The summed E-state index contributed by atoms with van der Waals surface area (Å²) in [5, 5.41) is 3.60. The van der Waals surface area contributed by atoms with E-state index in [1.807, 2.05) is 30.5 Å². The van der Waals surface area contributed by atoms with Gasteiger partial charge in [-0.05, 0) is 30.5 Å². The Balaban J connectivity index is 1.39. The van der Waals surface area contributed by atoms with Crippen molar-refractivity contribution in [1.29, 1.82) is 0 Å². The second kappa shape index (κ2) is 7.30. The van der Waals surface area contributed by atoms with Crippen molar-refractivity contribution in [2.45, 2.75) is 19.8 Å². The van der Waals surface area contributed by atoms with E-state index in [4.69, 9.17) is 4.74 Å². The largest absolute Gasteiger partial charge is 0.492 e. The first-order chi connectivity index (χ1) is 12.7. The van der Waals surface area contributed by atoms with E-state index in [1.165, 1.54) is 22.5 Å². The quantitative estimate of drug-likeness (QED) is 0.754. The second-order valence-electron chi connectivity index (χ2n) is 6.61. The van der Waals surface area contributed by atoms with E-state index in [9.17, 15) is 4.79 Å². The van der Waals surface area contributed by atoms with Crippen LogP contribution in [0.25, 0.3) is 0 Å². The molecular formula is C21H20N2O2S. The van der Waals surface area contributed by atoms with Crippen LogP contribution in [0.4, 0.5) is 5.13 Å². The molecule has 2 heterocycles. The zero-order valence-electron chi connectivity index (χ0n) is 14.6. The summed E-state index contributed by atoms with van der Waals surface area (Å²) < 4.78 is 5.71. The predicted molar refractivity (Wildman–Crippen MR) is 104 cm³/mol. The maximum absolute atomic E-state index is 12.6. The van der Waals surface area contributed by atoms with Gasteiger partial charge in [0, 0.05) is 17.5 Å². The van der Waals surface area contributed by atoms with Crippen LogP contribution in [-0.2, 0) is 17.6 Å². The molecule has 0 spiro atoms. The van der Waals surface area contributed by atoms with Crippen molar-refractivity contribution in [1.82, 2.24) is 4.98 Å². The lowest BCUT2D eigenvalue weighted by Gasteiger charge is -2.24. The molecule has 1 N–H and O–H groups in total. The number of fused-ring (bicyclic) bond motifs is 1. The van der Waals surface area contributed by atoms with Gasteiger partial charge >= 0.3 is 0 Å². The first-order valence-corrected chi connectivity index (χ1v) is 9.51. The molecule has 3 aromatic rings. The Morgan fingerprint density at radius 1 is 1.27 bits per heavy atom. The molecule has 5 heteroatoms. The Labute approximate surface area is 156 Å². The molecule has 0 saturated carbocycles. The first-order valence-electron chi connectivity index (χ1n) is 8.69. The van der Waals surface area contributed by atoms with E-state index >= 15 is 0 Å². The van der Waals surface area contributed by atoms with Crippen LogP contribution in [0.5, 0.6) is 5.75 Å². The average Bonchev–Trinajstić information content (AvgIpc) is 3.08.